The zero-order valence-corrected chi connectivity index (χ0v) is 22.1. The molecule has 1 aliphatic rings. The van der Waals surface area contributed by atoms with Crippen LogP contribution in [-0.2, 0) is 4.79 Å². The van der Waals surface area contributed by atoms with E-state index in [0.717, 1.165) is 41.0 Å². The van der Waals surface area contributed by atoms with Crippen LogP contribution in [0.2, 0.25) is 0 Å². The lowest BCUT2D eigenvalue weighted by molar-refractivity contribution is -0.119. The average molecular weight is 508 g/mol. The number of anilines is 1. The van der Waals surface area contributed by atoms with Gasteiger partial charge in [0.1, 0.15) is 18.3 Å². The first kappa shape index (κ1) is 25.3. The monoisotopic (exact) mass is 507 g/mol. The molecule has 0 spiro atoms. The number of fused-ring (bicyclic) bond motifs is 3. The van der Waals surface area contributed by atoms with Crippen molar-refractivity contribution in [1.29, 1.82) is 0 Å². The summed E-state index contributed by atoms with van der Waals surface area (Å²) in [5.74, 6) is 0.412. The number of aryl methyl sites for hydroxylation is 1. The molecule has 0 fully saturated rings. The molecule has 2 heterocycles. The first-order chi connectivity index (χ1) is 18.5. The zero-order valence-electron chi connectivity index (χ0n) is 22.1. The Morgan fingerprint density at radius 1 is 0.895 bits per heavy atom. The SMILES string of the molecule is CCCCN(CC(=O)N1c2ccccc2-n2cccc2C1c1ccc(C)cc1)C(=O)c1ccc(OC)cc1. The minimum absolute atomic E-state index is 0.0116. The predicted octanol–water partition coefficient (Wildman–Crippen LogP) is 6.17. The molecule has 4 aromatic rings. The fraction of sp³-hybridized carbons (Fsp3) is 0.250. The summed E-state index contributed by atoms with van der Waals surface area (Å²) < 4.78 is 7.40. The number of aromatic nitrogens is 1. The molecule has 6 nitrogen and oxygen atoms in total. The van der Waals surface area contributed by atoms with Crippen LogP contribution in [0, 0.1) is 6.92 Å². The molecule has 0 N–H and O–H groups in total. The van der Waals surface area contributed by atoms with Gasteiger partial charge >= 0.3 is 0 Å². The second kappa shape index (κ2) is 11.0. The standard InChI is InChI=1S/C32H33N3O3/c1-4-5-20-33(32(37)25-16-18-26(38-3)19-17-25)22-30(36)35-28-10-7-6-9-27(28)34-21-8-11-29(34)31(35)24-14-12-23(2)13-15-24/h6-19,21,31H,4-5,20,22H2,1-3H3. The summed E-state index contributed by atoms with van der Waals surface area (Å²) in [7, 11) is 1.60. The Kier molecular flexibility index (Phi) is 7.31. The second-order valence-electron chi connectivity index (χ2n) is 9.68. The highest BCUT2D eigenvalue weighted by Gasteiger charge is 2.37. The molecule has 38 heavy (non-hydrogen) atoms. The van der Waals surface area contributed by atoms with Crippen molar-refractivity contribution in [1.82, 2.24) is 9.47 Å². The number of methoxy groups -OCH3 is 1. The summed E-state index contributed by atoms with van der Waals surface area (Å²) >= 11 is 0. The molecular weight excluding hydrogens is 474 g/mol. The van der Waals surface area contributed by atoms with E-state index in [-0.39, 0.29) is 24.4 Å². The van der Waals surface area contributed by atoms with Crippen molar-refractivity contribution in [2.24, 2.45) is 0 Å². The van der Waals surface area contributed by atoms with Gasteiger partial charge in [-0.2, -0.15) is 0 Å². The fourth-order valence-electron chi connectivity index (χ4n) is 5.08. The van der Waals surface area contributed by atoms with Gasteiger partial charge in [-0.25, -0.2) is 0 Å². The highest BCUT2D eigenvalue weighted by Crippen LogP contribution is 2.42. The van der Waals surface area contributed by atoms with E-state index in [1.807, 2.05) is 41.4 Å². The summed E-state index contributed by atoms with van der Waals surface area (Å²) in [4.78, 5) is 31.4. The van der Waals surface area contributed by atoms with Gasteiger partial charge in [0.2, 0.25) is 5.91 Å². The molecule has 1 atom stereocenters. The van der Waals surface area contributed by atoms with E-state index in [1.165, 1.54) is 0 Å². The van der Waals surface area contributed by atoms with Crippen LogP contribution in [0.4, 0.5) is 5.69 Å². The number of rotatable bonds is 8. The molecule has 0 bridgehead atoms. The lowest BCUT2D eigenvalue weighted by atomic mass is 9.97. The second-order valence-corrected chi connectivity index (χ2v) is 9.68. The Morgan fingerprint density at radius 3 is 2.29 bits per heavy atom. The predicted molar refractivity (Wildman–Crippen MR) is 150 cm³/mol. The van der Waals surface area contributed by atoms with Gasteiger partial charge in [0.25, 0.3) is 5.91 Å². The Hall–Kier alpha value is -4.32. The number of carbonyl (C=O) groups is 2. The molecule has 0 radical (unpaired) electrons. The van der Waals surface area contributed by atoms with Gasteiger partial charge < -0.3 is 14.2 Å². The van der Waals surface area contributed by atoms with Gasteiger partial charge in [-0.05, 0) is 67.4 Å². The maximum atomic E-state index is 14.3. The molecule has 1 unspecified atom stereocenters. The molecule has 3 aromatic carbocycles. The first-order valence-electron chi connectivity index (χ1n) is 13.1. The molecule has 194 valence electrons. The van der Waals surface area contributed by atoms with Crippen molar-refractivity contribution in [3.8, 4) is 11.4 Å². The highest BCUT2D eigenvalue weighted by atomic mass is 16.5. The van der Waals surface area contributed by atoms with Gasteiger partial charge in [-0.15, -0.1) is 0 Å². The molecule has 0 aliphatic carbocycles. The average Bonchev–Trinajstić information content (AvgIpc) is 3.45. The Morgan fingerprint density at radius 2 is 1.61 bits per heavy atom. The number of amides is 2. The van der Waals surface area contributed by atoms with Crippen molar-refractivity contribution < 1.29 is 14.3 Å². The number of carbonyl (C=O) groups excluding carboxylic acids is 2. The quantitative estimate of drug-likeness (QED) is 0.286. The maximum Gasteiger partial charge on any atom is 0.254 e. The largest absolute Gasteiger partial charge is 0.497 e. The van der Waals surface area contributed by atoms with Crippen molar-refractivity contribution >= 4 is 17.5 Å². The van der Waals surface area contributed by atoms with Crippen LogP contribution in [0.5, 0.6) is 5.75 Å². The maximum absolute atomic E-state index is 14.3. The van der Waals surface area contributed by atoms with Crippen LogP contribution in [0.15, 0.2) is 91.1 Å². The summed E-state index contributed by atoms with van der Waals surface area (Å²) in [6, 6.07) is 27.1. The first-order valence-corrected chi connectivity index (χ1v) is 13.1. The van der Waals surface area contributed by atoms with Crippen LogP contribution < -0.4 is 9.64 Å². The van der Waals surface area contributed by atoms with Crippen molar-refractivity contribution in [2.45, 2.75) is 32.7 Å². The highest BCUT2D eigenvalue weighted by molar-refractivity contribution is 6.02. The van der Waals surface area contributed by atoms with E-state index in [4.69, 9.17) is 4.74 Å². The molecule has 6 heteroatoms. The summed E-state index contributed by atoms with van der Waals surface area (Å²) in [6.45, 7) is 4.64. The number of hydrogen-bond donors (Lipinski definition) is 0. The Bertz CT molecular complexity index is 1420. The van der Waals surface area contributed by atoms with Crippen molar-refractivity contribution in [3.63, 3.8) is 0 Å². The van der Waals surface area contributed by atoms with Gasteiger partial charge in [-0.3, -0.25) is 14.5 Å². The van der Waals surface area contributed by atoms with Gasteiger partial charge in [0, 0.05) is 18.3 Å². The van der Waals surface area contributed by atoms with Crippen molar-refractivity contribution in [3.05, 3.63) is 114 Å². The van der Waals surface area contributed by atoms with E-state index < -0.39 is 0 Å². The number of benzene rings is 3. The van der Waals surface area contributed by atoms with E-state index >= 15 is 0 Å². The number of ether oxygens (including phenoxy) is 1. The number of nitrogens with zero attached hydrogens (tertiary/aromatic N) is 3. The minimum atomic E-state index is -0.308. The van der Waals surface area contributed by atoms with Gasteiger partial charge in [0.05, 0.1) is 24.2 Å². The molecule has 0 saturated heterocycles. The summed E-state index contributed by atoms with van der Waals surface area (Å²) in [5.41, 5.74) is 5.53. The molecule has 2 amide bonds. The molecular formula is C32H33N3O3. The zero-order chi connectivity index (χ0) is 26.6. The Balaban J connectivity index is 1.53. The van der Waals surface area contributed by atoms with Gasteiger partial charge in [0.15, 0.2) is 0 Å². The van der Waals surface area contributed by atoms with E-state index in [1.54, 1.807) is 36.3 Å². The third-order valence-electron chi connectivity index (χ3n) is 7.11. The Labute approximate surface area is 224 Å². The molecule has 0 saturated carbocycles. The lowest BCUT2D eigenvalue weighted by Gasteiger charge is -2.39. The fourth-order valence-corrected chi connectivity index (χ4v) is 5.08. The van der Waals surface area contributed by atoms with Crippen LogP contribution >= 0.6 is 0 Å². The molecule has 1 aliphatic heterocycles. The summed E-state index contributed by atoms with van der Waals surface area (Å²) in [5, 5.41) is 0. The third kappa shape index (κ3) is 4.82. The van der Waals surface area contributed by atoms with Crippen LogP contribution in [0.1, 0.15) is 53.0 Å². The van der Waals surface area contributed by atoms with Crippen LogP contribution in [-0.4, -0.2) is 41.5 Å². The smallest absolute Gasteiger partial charge is 0.254 e. The summed E-state index contributed by atoms with van der Waals surface area (Å²) in [6.07, 6.45) is 3.78. The van der Waals surface area contributed by atoms with E-state index in [9.17, 15) is 9.59 Å². The van der Waals surface area contributed by atoms with Gasteiger partial charge in [-0.1, -0.05) is 55.3 Å². The van der Waals surface area contributed by atoms with E-state index in [2.05, 4.69) is 48.7 Å². The topological polar surface area (TPSA) is 54.8 Å². The number of unbranched alkanes of at least 4 members (excludes halogenated alkanes) is 1. The molecule has 5 rings (SSSR count). The normalized spacial score (nSPS) is 14.0. The number of hydrogen-bond acceptors (Lipinski definition) is 3. The number of para-hydroxylation sites is 2. The van der Waals surface area contributed by atoms with E-state index in [0.29, 0.717) is 17.9 Å². The third-order valence-corrected chi connectivity index (χ3v) is 7.11. The molecule has 1 aromatic heterocycles. The minimum Gasteiger partial charge on any atom is -0.497 e. The lowest BCUT2D eigenvalue weighted by Crippen LogP contribution is -2.47. The van der Waals surface area contributed by atoms with Crippen molar-refractivity contribution in [2.75, 3.05) is 25.1 Å². The van der Waals surface area contributed by atoms with Crippen LogP contribution in [0.25, 0.3) is 5.69 Å². The van der Waals surface area contributed by atoms with Crippen LogP contribution in [0.3, 0.4) is 0 Å².